The summed E-state index contributed by atoms with van der Waals surface area (Å²) in [5, 5.41) is 3.90. The van der Waals surface area contributed by atoms with E-state index in [1.165, 1.54) is 26.1 Å². The van der Waals surface area contributed by atoms with E-state index < -0.39 is 0 Å². The minimum absolute atomic E-state index is 0.0924. The number of fused-ring (bicyclic) bond motifs is 2. The van der Waals surface area contributed by atoms with E-state index in [9.17, 15) is 0 Å². The Morgan fingerprint density at radius 3 is 2.85 bits per heavy atom. The van der Waals surface area contributed by atoms with Gasteiger partial charge in [0.25, 0.3) is 0 Å². The molecule has 0 fully saturated rings. The molecular weight excluding hydrogens is 282 g/mol. The Balaban J connectivity index is 1.69. The van der Waals surface area contributed by atoms with Gasteiger partial charge >= 0.3 is 0 Å². The minimum atomic E-state index is 0.0924. The molecule has 3 heteroatoms. The van der Waals surface area contributed by atoms with Crippen molar-refractivity contribution in [2.24, 2.45) is 5.73 Å². The van der Waals surface area contributed by atoms with Gasteiger partial charge in [0.1, 0.15) is 0 Å². The monoisotopic (exact) mass is 297 g/mol. The van der Waals surface area contributed by atoms with Crippen LogP contribution in [0, 0.1) is 0 Å². The smallest absolute Gasteiger partial charge is 0.0436 e. The summed E-state index contributed by atoms with van der Waals surface area (Å²) in [6, 6.07) is 17.4. The molecule has 1 nitrogen and oxygen atoms in total. The first-order chi connectivity index (χ1) is 9.83. The number of hydrogen-bond acceptors (Lipinski definition) is 3. The summed E-state index contributed by atoms with van der Waals surface area (Å²) in [6.45, 7) is 0. The summed E-state index contributed by atoms with van der Waals surface area (Å²) in [6.07, 6.45) is 1.07. The van der Waals surface area contributed by atoms with Crippen LogP contribution >= 0.6 is 23.1 Å². The molecule has 0 saturated carbocycles. The lowest BCUT2D eigenvalue weighted by Gasteiger charge is -2.19. The second-order valence-corrected chi connectivity index (χ2v) is 7.38. The number of benzene rings is 2. The van der Waals surface area contributed by atoms with Crippen LogP contribution in [0.15, 0.2) is 58.8 Å². The lowest BCUT2D eigenvalue weighted by atomic mass is 9.98. The highest BCUT2D eigenvalue weighted by atomic mass is 32.2. The molecule has 2 atom stereocenters. The Morgan fingerprint density at radius 2 is 1.95 bits per heavy atom. The van der Waals surface area contributed by atoms with E-state index in [0.717, 1.165) is 6.42 Å². The van der Waals surface area contributed by atoms with Crippen LogP contribution in [-0.4, -0.2) is 5.25 Å². The maximum absolute atomic E-state index is 6.59. The molecule has 1 aromatic heterocycles. The van der Waals surface area contributed by atoms with Gasteiger partial charge in [0.05, 0.1) is 0 Å². The average Bonchev–Trinajstić information content (AvgIpc) is 3.12. The summed E-state index contributed by atoms with van der Waals surface area (Å²) >= 11 is 3.73. The molecule has 0 spiro atoms. The first-order valence-electron chi connectivity index (χ1n) is 6.79. The second-order valence-electron chi connectivity index (χ2n) is 5.18. The van der Waals surface area contributed by atoms with E-state index in [2.05, 4.69) is 53.9 Å². The van der Waals surface area contributed by atoms with Crippen LogP contribution in [0.4, 0.5) is 0 Å². The first kappa shape index (κ1) is 12.5. The van der Waals surface area contributed by atoms with Crippen molar-refractivity contribution in [2.45, 2.75) is 22.6 Å². The molecule has 2 unspecified atom stereocenters. The number of rotatable bonds is 2. The number of thiophene rings is 1. The van der Waals surface area contributed by atoms with Crippen molar-refractivity contribution in [1.82, 2.24) is 0 Å². The molecule has 2 N–H and O–H groups in total. The molecule has 0 amide bonds. The Kier molecular flexibility index (Phi) is 3.06. The standard InChI is InChI=1S/C17H15NS2/c18-16(13-6-3-5-11-8-9-19-17(11)13)15-10-12-4-1-2-7-14(12)20-15/h1-9,15-16H,10,18H2. The maximum Gasteiger partial charge on any atom is 0.0436 e. The fourth-order valence-corrected chi connectivity index (χ4v) is 5.19. The SMILES string of the molecule is NC(c1cccc2ccsc12)C1Cc2ccccc2S1. The molecular formula is C17H15NS2. The number of hydrogen-bond donors (Lipinski definition) is 1. The second kappa shape index (κ2) is 4.92. The van der Waals surface area contributed by atoms with E-state index in [4.69, 9.17) is 5.73 Å². The Labute approximate surface area is 126 Å². The van der Waals surface area contributed by atoms with E-state index in [-0.39, 0.29) is 6.04 Å². The maximum atomic E-state index is 6.59. The fourth-order valence-electron chi connectivity index (χ4n) is 2.89. The lowest BCUT2D eigenvalue weighted by molar-refractivity contribution is 0.683. The van der Waals surface area contributed by atoms with Gasteiger partial charge in [0, 0.05) is 20.9 Å². The third-order valence-corrected chi connectivity index (χ3v) is 6.34. The number of thioether (sulfide) groups is 1. The van der Waals surface area contributed by atoms with Crippen molar-refractivity contribution in [1.29, 1.82) is 0 Å². The van der Waals surface area contributed by atoms with Crippen LogP contribution in [0.5, 0.6) is 0 Å². The molecule has 0 bridgehead atoms. The lowest BCUT2D eigenvalue weighted by Crippen LogP contribution is -2.23. The summed E-state index contributed by atoms with van der Waals surface area (Å²) in [5.74, 6) is 0. The zero-order valence-corrected chi connectivity index (χ0v) is 12.6. The topological polar surface area (TPSA) is 26.0 Å². The Hall–Kier alpha value is -1.29. The molecule has 2 heterocycles. The molecule has 3 aromatic rings. The summed E-state index contributed by atoms with van der Waals surface area (Å²) < 4.78 is 1.34. The highest BCUT2D eigenvalue weighted by molar-refractivity contribution is 8.00. The van der Waals surface area contributed by atoms with Crippen molar-refractivity contribution >= 4 is 33.2 Å². The van der Waals surface area contributed by atoms with Crippen molar-refractivity contribution in [2.75, 3.05) is 0 Å². The third kappa shape index (κ3) is 1.97. The molecule has 0 radical (unpaired) electrons. The van der Waals surface area contributed by atoms with Crippen molar-refractivity contribution in [3.05, 3.63) is 65.0 Å². The van der Waals surface area contributed by atoms with E-state index >= 15 is 0 Å². The Bertz CT molecular complexity index is 737. The zero-order chi connectivity index (χ0) is 13.5. The third-order valence-electron chi connectivity index (χ3n) is 3.94. The van der Waals surface area contributed by atoms with Crippen LogP contribution in [0.3, 0.4) is 0 Å². The van der Waals surface area contributed by atoms with Crippen LogP contribution in [0.2, 0.25) is 0 Å². The molecule has 1 aliphatic heterocycles. The van der Waals surface area contributed by atoms with Crippen molar-refractivity contribution < 1.29 is 0 Å². The van der Waals surface area contributed by atoms with Crippen LogP contribution < -0.4 is 5.73 Å². The zero-order valence-electron chi connectivity index (χ0n) is 11.0. The van der Waals surface area contributed by atoms with Crippen molar-refractivity contribution in [3.63, 3.8) is 0 Å². The van der Waals surface area contributed by atoms with E-state index in [1.807, 2.05) is 11.8 Å². The van der Waals surface area contributed by atoms with Gasteiger partial charge in [-0.25, -0.2) is 0 Å². The largest absolute Gasteiger partial charge is 0.323 e. The minimum Gasteiger partial charge on any atom is -0.323 e. The van der Waals surface area contributed by atoms with E-state index in [0.29, 0.717) is 5.25 Å². The highest BCUT2D eigenvalue weighted by Crippen LogP contribution is 2.43. The normalized spacial score (nSPS) is 19.1. The number of nitrogens with two attached hydrogens (primary N) is 1. The van der Waals surface area contributed by atoms with Gasteiger partial charge in [-0.3, -0.25) is 0 Å². The van der Waals surface area contributed by atoms with Gasteiger partial charge in [-0.2, -0.15) is 0 Å². The van der Waals surface area contributed by atoms with E-state index in [1.54, 1.807) is 11.3 Å². The van der Waals surface area contributed by atoms with Gasteiger partial charge in [0.15, 0.2) is 0 Å². The van der Waals surface area contributed by atoms with Crippen LogP contribution in [0.25, 0.3) is 10.1 Å². The fraction of sp³-hybridized carbons (Fsp3) is 0.176. The highest BCUT2D eigenvalue weighted by Gasteiger charge is 2.28. The summed E-state index contributed by atoms with van der Waals surface area (Å²) in [5.41, 5.74) is 9.33. The molecule has 100 valence electrons. The molecule has 4 rings (SSSR count). The van der Waals surface area contributed by atoms with Gasteiger partial charge in [-0.15, -0.1) is 23.1 Å². The van der Waals surface area contributed by atoms with Gasteiger partial charge in [-0.05, 0) is 40.4 Å². The molecule has 20 heavy (non-hydrogen) atoms. The molecule has 1 aliphatic rings. The summed E-state index contributed by atoms with van der Waals surface area (Å²) in [4.78, 5) is 1.39. The van der Waals surface area contributed by atoms with Gasteiger partial charge in [0.2, 0.25) is 0 Å². The van der Waals surface area contributed by atoms with Gasteiger partial charge < -0.3 is 5.73 Å². The van der Waals surface area contributed by atoms with Crippen LogP contribution in [0.1, 0.15) is 17.2 Å². The first-order valence-corrected chi connectivity index (χ1v) is 8.55. The van der Waals surface area contributed by atoms with Crippen molar-refractivity contribution in [3.8, 4) is 0 Å². The summed E-state index contributed by atoms with van der Waals surface area (Å²) in [7, 11) is 0. The average molecular weight is 297 g/mol. The quantitative estimate of drug-likeness (QED) is 0.747. The molecule has 0 aliphatic carbocycles. The molecule has 2 aromatic carbocycles. The molecule has 0 saturated heterocycles. The van der Waals surface area contributed by atoms with Crippen LogP contribution in [-0.2, 0) is 6.42 Å². The van der Waals surface area contributed by atoms with Gasteiger partial charge in [-0.1, -0.05) is 36.4 Å². The Morgan fingerprint density at radius 1 is 1.05 bits per heavy atom. The predicted octanol–water partition coefficient (Wildman–Crippen LogP) is 4.62. The predicted molar refractivity (Wildman–Crippen MR) is 88.5 cm³/mol.